The van der Waals surface area contributed by atoms with Crippen LogP contribution in [0.2, 0.25) is 0 Å². The van der Waals surface area contributed by atoms with Crippen LogP contribution in [0.3, 0.4) is 0 Å². The second-order valence-corrected chi connectivity index (χ2v) is 8.87. The zero-order chi connectivity index (χ0) is 23.4. The first-order chi connectivity index (χ1) is 15.8. The number of H-pyrrole nitrogens is 1. The Morgan fingerprint density at radius 3 is 2.21 bits per heavy atom. The van der Waals surface area contributed by atoms with Gasteiger partial charge in [0.25, 0.3) is 5.56 Å². The van der Waals surface area contributed by atoms with E-state index in [0.717, 1.165) is 11.3 Å². The van der Waals surface area contributed by atoms with Crippen LogP contribution in [-0.4, -0.2) is 21.1 Å². The molecule has 0 saturated heterocycles. The highest BCUT2D eigenvalue weighted by Crippen LogP contribution is 2.25. The molecule has 0 bridgehead atoms. The Morgan fingerprint density at radius 2 is 1.55 bits per heavy atom. The molecule has 0 aliphatic rings. The standard InChI is InChI=1S/C28H27N3O2/c1-28(2,3)21-16-13-20(14-17-21)15-18-24-23(19-29-25-11-7-8-12-26(25)32)27(33)31(30-24)22-9-5-4-6-10-22/h4-19,30,32H,1-3H3/b18-15+,29-19?. The fourth-order valence-corrected chi connectivity index (χ4v) is 3.46. The zero-order valence-corrected chi connectivity index (χ0v) is 19.0. The zero-order valence-electron chi connectivity index (χ0n) is 19.0. The molecule has 5 heteroatoms. The Hall–Kier alpha value is -4.12. The Kier molecular flexibility index (Phi) is 6.13. The molecule has 1 aromatic heterocycles. The van der Waals surface area contributed by atoms with Crippen molar-refractivity contribution >= 4 is 24.1 Å². The van der Waals surface area contributed by atoms with Gasteiger partial charge in [-0.05, 0) is 46.9 Å². The largest absolute Gasteiger partial charge is 0.506 e. The minimum Gasteiger partial charge on any atom is -0.506 e. The first-order valence-electron chi connectivity index (χ1n) is 10.8. The summed E-state index contributed by atoms with van der Waals surface area (Å²) in [5.41, 5.74) is 4.33. The third kappa shape index (κ3) is 5.04. The van der Waals surface area contributed by atoms with Gasteiger partial charge in [-0.1, -0.05) is 81.4 Å². The smallest absolute Gasteiger partial charge is 0.280 e. The van der Waals surface area contributed by atoms with E-state index in [1.807, 2.05) is 42.5 Å². The average molecular weight is 438 g/mol. The van der Waals surface area contributed by atoms with Crippen molar-refractivity contribution in [2.45, 2.75) is 26.2 Å². The van der Waals surface area contributed by atoms with Crippen molar-refractivity contribution in [2.24, 2.45) is 4.99 Å². The fraction of sp³-hybridized carbons (Fsp3) is 0.143. The number of nitrogens with one attached hydrogen (secondary N) is 1. The van der Waals surface area contributed by atoms with Crippen LogP contribution >= 0.6 is 0 Å². The van der Waals surface area contributed by atoms with Crippen LogP contribution in [0, 0.1) is 0 Å². The fourth-order valence-electron chi connectivity index (χ4n) is 3.46. The van der Waals surface area contributed by atoms with Gasteiger partial charge in [0, 0.05) is 6.21 Å². The van der Waals surface area contributed by atoms with E-state index in [1.165, 1.54) is 16.5 Å². The maximum Gasteiger partial charge on any atom is 0.280 e. The Balaban J connectivity index is 1.74. The minimum absolute atomic E-state index is 0.0590. The number of phenolic OH excluding ortho intramolecular Hbond substituents is 1. The number of para-hydroxylation sites is 3. The van der Waals surface area contributed by atoms with E-state index in [-0.39, 0.29) is 16.7 Å². The molecule has 0 aliphatic carbocycles. The molecule has 0 amide bonds. The van der Waals surface area contributed by atoms with E-state index in [2.05, 4.69) is 55.1 Å². The van der Waals surface area contributed by atoms with Gasteiger partial charge >= 0.3 is 0 Å². The van der Waals surface area contributed by atoms with Crippen LogP contribution in [0.4, 0.5) is 5.69 Å². The van der Waals surface area contributed by atoms with Crippen molar-refractivity contribution in [3.05, 3.63) is 112 Å². The number of aromatic hydroxyl groups is 1. The van der Waals surface area contributed by atoms with E-state index in [0.29, 0.717) is 16.9 Å². The highest BCUT2D eigenvalue weighted by molar-refractivity contribution is 5.88. The van der Waals surface area contributed by atoms with Crippen molar-refractivity contribution in [3.63, 3.8) is 0 Å². The molecule has 0 spiro atoms. The van der Waals surface area contributed by atoms with E-state index in [1.54, 1.807) is 24.3 Å². The van der Waals surface area contributed by atoms with Crippen molar-refractivity contribution < 1.29 is 5.11 Å². The Labute approximate surface area is 193 Å². The summed E-state index contributed by atoms with van der Waals surface area (Å²) in [5.74, 6) is 0.0590. The van der Waals surface area contributed by atoms with Crippen LogP contribution in [0.25, 0.3) is 17.8 Å². The van der Waals surface area contributed by atoms with Crippen molar-refractivity contribution in [2.75, 3.05) is 0 Å². The number of aromatic nitrogens is 2. The SMILES string of the molecule is CC(C)(C)c1ccc(/C=C/c2[nH]n(-c3ccccc3)c(=O)c2C=Nc2ccccc2O)cc1. The van der Waals surface area contributed by atoms with Crippen LogP contribution in [0.15, 0.2) is 88.6 Å². The summed E-state index contributed by atoms with van der Waals surface area (Å²) in [6.07, 6.45) is 5.33. The lowest BCUT2D eigenvalue weighted by Crippen LogP contribution is -2.17. The van der Waals surface area contributed by atoms with Gasteiger partial charge in [0.1, 0.15) is 11.4 Å². The van der Waals surface area contributed by atoms with Gasteiger partial charge in [0.05, 0.1) is 16.9 Å². The lowest BCUT2D eigenvalue weighted by molar-refractivity contribution is 0.477. The van der Waals surface area contributed by atoms with E-state index in [4.69, 9.17) is 0 Å². The third-order valence-corrected chi connectivity index (χ3v) is 5.40. The maximum atomic E-state index is 13.2. The molecule has 0 atom stereocenters. The molecular formula is C28H27N3O2. The lowest BCUT2D eigenvalue weighted by Gasteiger charge is -2.18. The molecule has 0 fully saturated rings. The first-order valence-corrected chi connectivity index (χ1v) is 10.8. The Morgan fingerprint density at radius 1 is 0.879 bits per heavy atom. The molecule has 5 nitrogen and oxygen atoms in total. The van der Waals surface area contributed by atoms with E-state index < -0.39 is 0 Å². The average Bonchev–Trinajstić information content (AvgIpc) is 3.12. The molecule has 0 saturated carbocycles. The van der Waals surface area contributed by atoms with Crippen molar-refractivity contribution in [3.8, 4) is 11.4 Å². The predicted octanol–water partition coefficient (Wildman–Crippen LogP) is 6.09. The van der Waals surface area contributed by atoms with Gasteiger partial charge in [-0.15, -0.1) is 0 Å². The summed E-state index contributed by atoms with van der Waals surface area (Å²) in [6, 6.07) is 24.5. The summed E-state index contributed by atoms with van der Waals surface area (Å²) in [4.78, 5) is 17.6. The van der Waals surface area contributed by atoms with Crippen LogP contribution in [0.5, 0.6) is 5.75 Å². The molecule has 2 N–H and O–H groups in total. The quantitative estimate of drug-likeness (QED) is 0.371. The lowest BCUT2D eigenvalue weighted by atomic mass is 9.87. The number of benzene rings is 3. The van der Waals surface area contributed by atoms with E-state index >= 15 is 0 Å². The van der Waals surface area contributed by atoms with Gasteiger partial charge in [-0.2, -0.15) is 0 Å². The predicted molar refractivity (Wildman–Crippen MR) is 136 cm³/mol. The van der Waals surface area contributed by atoms with Gasteiger partial charge in [0.2, 0.25) is 0 Å². The Bertz CT molecular complexity index is 1350. The maximum absolute atomic E-state index is 13.2. The van der Waals surface area contributed by atoms with Gasteiger partial charge in [-0.25, -0.2) is 4.68 Å². The number of phenols is 1. The van der Waals surface area contributed by atoms with Gasteiger partial charge in [-0.3, -0.25) is 14.9 Å². The van der Waals surface area contributed by atoms with Crippen LogP contribution in [0.1, 0.15) is 43.2 Å². The second-order valence-electron chi connectivity index (χ2n) is 8.87. The summed E-state index contributed by atoms with van der Waals surface area (Å²) in [6.45, 7) is 6.56. The van der Waals surface area contributed by atoms with Crippen LogP contribution < -0.4 is 5.56 Å². The molecule has 3 aromatic carbocycles. The molecular weight excluding hydrogens is 410 g/mol. The summed E-state index contributed by atoms with van der Waals surface area (Å²) < 4.78 is 1.49. The number of hydrogen-bond donors (Lipinski definition) is 2. The number of hydrogen-bond acceptors (Lipinski definition) is 3. The first kappa shape index (κ1) is 22.1. The monoisotopic (exact) mass is 437 g/mol. The third-order valence-electron chi connectivity index (χ3n) is 5.40. The highest BCUT2D eigenvalue weighted by atomic mass is 16.3. The molecule has 4 rings (SSSR count). The molecule has 166 valence electrons. The number of aliphatic imine (C=N–C) groups is 1. The van der Waals surface area contributed by atoms with Crippen LogP contribution in [-0.2, 0) is 5.41 Å². The summed E-state index contributed by atoms with van der Waals surface area (Å²) in [5, 5.41) is 13.2. The molecule has 0 aliphatic heterocycles. The van der Waals surface area contributed by atoms with Gasteiger partial charge < -0.3 is 5.11 Å². The summed E-state index contributed by atoms with van der Waals surface area (Å²) in [7, 11) is 0. The number of rotatable bonds is 5. The molecule has 33 heavy (non-hydrogen) atoms. The number of aromatic amines is 1. The highest BCUT2D eigenvalue weighted by Gasteiger charge is 2.14. The molecule has 1 heterocycles. The molecule has 0 radical (unpaired) electrons. The van der Waals surface area contributed by atoms with E-state index in [9.17, 15) is 9.90 Å². The number of nitrogens with zero attached hydrogens (tertiary/aromatic N) is 2. The second kappa shape index (κ2) is 9.17. The minimum atomic E-state index is -0.219. The van der Waals surface area contributed by atoms with Crippen molar-refractivity contribution in [1.29, 1.82) is 0 Å². The molecule has 4 aromatic rings. The summed E-state index contributed by atoms with van der Waals surface area (Å²) >= 11 is 0. The van der Waals surface area contributed by atoms with Gasteiger partial charge in [0.15, 0.2) is 0 Å². The molecule has 0 unspecified atom stereocenters. The van der Waals surface area contributed by atoms with Crippen molar-refractivity contribution in [1.82, 2.24) is 9.78 Å². The normalized spacial score (nSPS) is 12.1. The topological polar surface area (TPSA) is 70.4 Å².